The summed E-state index contributed by atoms with van der Waals surface area (Å²) in [4.78, 5) is 14.8. The Kier molecular flexibility index (Phi) is 6.09. The number of carbonyl (C=O) groups is 1. The largest absolute Gasteiger partial charge is 0.326 e. The molecule has 0 unspecified atom stereocenters. The third kappa shape index (κ3) is 3.82. The lowest BCUT2D eigenvalue weighted by molar-refractivity contribution is -0.120. The van der Waals surface area contributed by atoms with E-state index in [2.05, 4.69) is 20.5 Å². The lowest BCUT2D eigenvalue weighted by Gasteiger charge is -2.19. The topological polar surface area (TPSA) is 63.1 Å². The quantitative estimate of drug-likeness (QED) is 0.940. The number of aromatic nitrogens is 3. The molecule has 2 heterocycles. The Balaban J connectivity index is 0.00000100. The van der Waals surface area contributed by atoms with Gasteiger partial charge in [0.05, 0.1) is 23.3 Å². The van der Waals surface area contributed by atoms with Crippen molar-refractivity contribution in [3.8, 4) is 0 Å². The van der Waals surface area contributed by atoms with E-state index in [9.17, 15) is 4.79 Å². The maximum atomic E-state index is 12.7. The van der Waals surface area contributed by atoms with Crippen LogP contribution < -0.4 is 5.32 Å². The molecular weight excluding hydrogens is 302 g/mol. The molecule has 130 valence electrons. The summed E-state index contributed by atoms with van der Waals surface area (Å²) in [6.45, 7) is 9.47. The van der Waals surface area contributed by atoms with E-state index in [0.717, 1.165) is 30.2 Å². The Hall–Kier alpha value is -2.21. The van der Waals surface area contributed by atoms with E-state index in [1.807, 2.05) is 69.8 Å². The number of rotatable bonds is 3. The predicted molar refractivity (Wildman–Crippen MR) is 95.9 cm³/mol. The molecule has 1 aromatic heterocycles. The molecule has 1 aromatic carbocycles. The van der Waals surface area contributed by atoms with Gasteiger partial charge in [-0.2, -0.15) is 0 Å². The molecule has 1 aliphatic heterocycles. The van der Waals surface area contributed by atoms with Gasteiger partial charge >= 0.3 is 0 Å². The first-order chi connectivity index (χ1) is 11.6. The number of nitrogens with zero attached hydrogens (tertiary/aromatic N) is 4. The van der Waals surface area contributed by atoms with Gasteiger partial charge in [0.2, 0.25) is 5.91 Å². The van der Waals surface area contributed by atoms with Crippen molar-refractivity contribution in [2.75, 3.05) is 25.5 Å². The number of benzene rings is 1. The van der Waals surface area contributed by atoms with Gasteiger partial charge < -0.3 is 10.2 Å². The summed E-state index contributed by atoms with van der Waals surface area (Å²) in [5.41, 5.74) is 2.77. The van der Waals surface area contributed by atoms with E-state index in [-0.39, 0.29) is 17.9 Å². The molecular formula is C18H27N5O. The normalized spacial score (nSPS) is 20.4. The molecule has 2 atom stereocenters. The number of hydrogen-bond acceptors (Lipinski definition) is 4. The molecule has 6 heteroatoms. The first-order valence-corrected chi connectivity index (χ1v) is 8.49. The Morgan fingerprint density at radius 2 is 1.83 bits per heavy atom. The van der Waals surface area contributed by atoms with Gasteiger partial charge in [0.1, 0.15) is 0 Å². The lowest BCUT2D eigenvalue weighted by atomic mass is 10.0. The van der Waals surface area contributed by atoms with Crippen molar-refractivity contribution in [2.45, 2.75) is 33.7 Å². The summed E-state index contributed by atoms with van der Waals surface area (Å²) >= 11 is 0. The zero-order valence-electron chi connectivity index (χ0n) is 15.2. The number of nitrogens with one attached hydrogen (secondary N) is 1. The molecule has 0 aliphatic carbocycles. The minimum atomic E-state index is -0.134. The van der Waals surface area contributed by atoms with E-state index < -0.39 is 0 Å². The highest BCUT2D eigenvalue weighted by atomic mass is 16.2. The van der Waals surface area contributed by atoms with Crippen LogP contribution in [0.4, 0.5) is 5.69 Å². The van der Waals surface area contributed by atoms with E-state index >= 15 is 0 Å². The number of hydrogen-bond donors (Lipinski definition) is 1. The SMILES string of the molecule is CC.Cc1nnn([C@H]2CN(C)C[C@@H]2C(=O)Nc2ccccc2)c1C. The van der Waals surface area contributed by atoms with Crippen molar-refractivity contribution in [3.05, 3.63) is 41.7 Å². The van der Waals surface area contributed by atoms with Gasteiger partial charge in [0.15, 0.2) is 0 Å². The highest BCUT2D eigenvalue weighted by Gasteiger charge is 2.38. The molecule has 0 spiro atoms. The molecule has 1 aliphatic rings. The number of carbonyl (C=O) groups excluding carboxylic acids is 1. The van der Waals surface area contributed by atoms with Gasteiger partial charge in [-0.3, -0.25) is 4.79 Å². The van der Waals surface area contributed by atoms with E-state index in [1.165, 1.54) is 0 Å². The molecule has 1 saturated heterocycles. The van der Waals surface area contributed by atoms with Gasteiger partial charge in [-0.1, -0.05) is 37.3 Å². The summed E-state index contributed by atoms with van der Waals surface area (Å²) in [7, 11) is 2.03. The lowest BCUT2D eigenvalue weighted by Crippen LogP contribution is -2.31. The molecule has 24 heavy (non-hydrogen) atoms. The molecule has 1 fully saturated rings. The third-order valence-corrected chi connectivity index (χ3v) is 4.32. The number of amides is 1. The van der Waals surface area contributed by atoms with Crippen molar-refractivity contribution < 1.29 is 4.79 Å². The summed E-state index contributed by atoms with van der Waals surface area (Å²) in [6.07, 6.45) is 0. The molecule has 0 saturated carbocycles. The van der Waals surface area contributed by atoms with E-state index in [0.29, 0.717) is 0 Å². The zero-order chi connectivity index (χ0) is 17.7. The number of anilines is 1. The third-order valence-electron chi connectivity index (χ3n) is 4.32. The average molecular weight is 329 g/mol. The second-order valence-corrected chi connectivity index (χ2v) is 5.96. The Bertz CT molecular complexity index is 667. The van der Waals surface area contributed by atoms with Crippen molar-refractivity contribution in [3.63, 3.8) is 0 Å². The van der Waals surface area contributed by atoms with Crippen LogP contribution in [-0.4, -0.2) is 45.9 Å². The van der Waals surface area contributed by atoms with Gasteiger partial charge in [-0.15, -0.1) is 5.10 Å². The van der Waals surface area contributed by atoms with Crippen LogP contribution in [0.15, 0.2) is 30.3 Å². The van der Waals surface area contributed by atoms with Crippen LogP contribution >= 0.6 is 0 Å². The molecule has 6 nitrogen and oxygen atoms in total. The summed E-state index contributed by atoms with van der Waals surface area (Å²) in [5.74, 6) is -0.0990. The fraction of sp³-hybridized carbons (Fsp3) is 0.500. The number of aryl methyl sites for hydroxylation is 1. The predicted octanol–water partition coefficient (Wildman–Crippen LogP) is 2.66. The Labute approximate surface area is 143 Å². The highest BCUT2D eigenvalue weighted by Crippen LogP contribution is 2.29. The first kappa shape index (κ1) is 18.1. The van der Waals surface area contributed by atoms with Gasteiger partial charge in [-0.05, 0) is 33.0 Å². The fourth-order valence-corrected chi connectivity index (χ4v) is 2.98. The molecule has 3 rings (SSSR count). The Morgan fingerprint density at radius 1 is 1.17 bits per heavy atom. The van der Waals surface area contributed by atoms with E-state index in [1.54, 1.807) is 0 Å². The maximum absolute atomic E-state index is 12.7. The fourth-order valence-electron chi connectivity index (χ4n) is 2.98. The summed E-state index contributed by atoms with van der Waals surface area (Å²) in [5, 5.41) is 11.4. The molecule has 2 aromatic rings. The summed E-state index contributed by atoms with van der Waals surface area (Å²) in [6, 6.07) is 9.59. The van der Waals surface area contributed by atoms with Gasteiger partial charge in [0.25, 0.3) is 0 Å². The van der Waals surface area contributed by atoms with Crippen LogP contribution in [0.1, 0.15) is 31.3 Å². The first-order valence-electron chi connectivity index (χ1n) is 8.49. The number of para-hydroxylation sites is 1. The van der Waals surface area contributed by atoms with Crippen molar-refractivity contribution >= 4 is 11.6 Å². The molecule has 1 N–H and O–H groups in total. The van der Waals surface area contributed by atoms with Crippen LogP contribution in [0.5, 0.6) is 0 Å². The Morgan fingerprint density at radius 3 is 2.42 bits per heavy atom. The second-order valence-electron chi connectivity index (χ2n) is 5.96. The van der Waals surface area contributed by atoms with Crippen molar-refractivity contribution in [1.82, 2.24) is 19.9 Å². The van der Waals surface area contributed by atoms with Gasteiger partial charge in [-0.25, -0.2) is 4.68 Å². The van der Waals surface area contributed by atoms with Crippen LogP contribution in [0.3, 0.4) is 0 Å². The van der Waals surface area contributed by atoms with E-state index in [4.69, 9.17) is 0 Å². The minimum absolute atomic E-state index is 0.0231. The van der Waals surface area contributed by atoms with Crippen molar-refractivity contribution in [2.24, 2.45) is 5.92 Å². The van der Waals surface area contributed by atoms with Crippen LogP contribution in [0.2, 0.25) is 0 Å². The maximum Gasteiger partial charge on any atom is 0.231 e. The van der Waals surface area contributed by atoms with Crippen LogP contribution in [0, 0.1) is 19.8 Å². The molecule has 0 radical (unpaired) electrons. The smallest absolute Gasteiger partial charge is 0.231 e. The average Bonchev–Trinajstić information content (AvgIpc) is 3.13. The van der Waals surface area contributed by atoms with Gasteiger partial charge in [0, 0.05) is 18.8 Å². The van der Waals surface area contributed by atoms with Crippen LogP contribution in [0.25, 0.3) is 0 Å². The second kappa shape index (κ2) is 8.06. The molecule has 0 bridgehead atoms. The highest BCUT2D eigenvalue weighted by molar-refractivity contribution is 5.93. The standard InChI is InChI=1S/C16H21N5O.C2H6/c1-11-12(2)21(19-18-11)15-10-20(3)9-14(15)16(22)17-13-7-5-4-6-8-13;1-2/h4-8,14-15H,9-10H2,1-3H3,(H,17,22);1-2H3/t14-,15-;/m0./s1. The minimum Gasteiger partial charge on any atom is -0.326 e. The number of likely N-dealkylation sites (tertiary alicyclic amines) is 1. The summed E-state index contributed by atoms with van der Waals surface area (Å²) < 4.78 is 1.90. The van der Waals surface area contributed by atoms with Crippen molar-refractivity contribution in [1.29, 1.82) is 0 Å². The number of likely N-dealkylation sites (N-methyl/N-ethyl adjacent to an activating group) is 1. The molecule has 1 amide bonds. The monoisotopic (exact) mass is 329 g/mol. The zero-order valence-corrected chi connectivity index (χ0v) is 15.2. The van der Waals surface area contributed by atoms with Crippen LogP contribution in [-0.2, 0) is 4.79 Å².